The van der Waals surface area contributed by atoms with Crippen molar-refractivity contribution >= 4 is 10.0 Å². The number of rotatable bonds is 3. The van der Waals surface area contributed by atoms with Crippen LogP contribution in [0.3, 0.4) is 0 Å². The number of sulfonamides is 1. The Morgan fingerprint density at radius 3 is 2.71 bits per heavy atom. The van der Waals surface area contributed by atoms with E-state index < -0.39 is 15.3 Å². The van der Waals surface area contributed by atoms with Crippen molar-refractivity contribution in [3.63, 3.8) is 0 Å². The molecule has 1 heterocycles. The highest BCUT2D eigenvalue weighted by molar-refractivity contribution is 7.89. The van der Waals surface area contributed by atoms with E-state index in [-0.39, 0.29) is 6.54 Å². The third-order valence-corrected chi connectivity index (χ3v) is 5.08. The van der Waals surface area contributed by atoms with E-state index in [9.17, 15) is 8.42 Å². The summed E-state index contributed by atoms with van der Waals surface area (Å²) in [5, 5.41) is -0.451. The smallest absolute Gasteiger partial charge is 0.217 e. The molecule has 1 aliphatic heterocycles. The molecular formula is C9H20N2O2S. The van der Waals surface area contributed by atoms with Crippen molar-refractivity contribution in [2.75, 3.05) is 19.6 Å². The Balaban J connectivity index is 2.72. The minimum atomic E-state index is -3.14. The van der Waals surface area contributed by atoms with Crippen molar-refractivity contribution in [2.45, 2.75) is 31.9 Å². The van der Waals surface area contributed by atoms with Crippen LogP contribution >= 0.6 is 0 Å². The first-order valence-electron chi connectivity index (χ1n) is 5.17. The number of hydrogen-bond donors (Lipinski definition) is 1. The summed E-state index contributed by atoms with van der Waals surface area (Å²) >= 11 is 0. The summed E-state index contributed by atoms with van der Waals surface area (Å²) in [4.78, 5) is 0. The molecule has 0 spiro atoms. The fourth-order valence-electron chi connectivity index (χ4n) is 1.75. The summed E-state index contributed by atoms with van der Waals surface area (Å²) in [5.41, 5.74) is 5.39. The van der Waals surface area contributed by atoms with Crippen LogP contribution in [0, 0.1) is 5.92 Å². The molecular weight excluding hydrogens is 200 g/mol. The standard InChI is InChI=1S/C9H20N2O2S/c1-8-4-3-5-11(7-8)14(12,13)9(2)6-10/h8-9H,3-7,10H2,1-2H3. The molecule has 1 aliphatic rings. The maximum Gasteiger partial charge on any atom is 0.217 e. The van der Waals surface area contributed by atoms with Gasteiger partial charge in [-0.15, -0.1) is 0 Å². The summed E-state index contributed by atoms with van der Waals surface area (Å²) < 4.78 is 25.4. The zero-order chi connectivity index (χ0) is 10.8. The van der Waals surface area contributed by atoms with Crippen LogP contribution in [0.1, 0.15) is 26.7 Å². The van der Waals surface area contributed by atoms with Crippen LogP contribution in [0.2, 0.25) is 0 Å². The van der Waals surface area contributed by atoms with E-state index in [0.717, 1.165) is 12.8 Å². The summed E-state index contributed by atoms with van der Waals surface area (Å²) in [5.74, 6) is 0.475. The molecule has 4 nitrogen and oxygen atoms in total. The van der Waals surface area contributed by atoms with Gasteiger partial charge in [0.15, 0.2) is 0 Å². The second-order valence-corrected chi connectivity index (χ2v) is 6.55. The van der Waals surface area contributed by atoms with E-state index in [1.54, 1.807) is 11.2 Å². The Kier molecular flexibility index (Phi) is 3.92. The fourth-order valence-corrected chi connectivity index (χ4v) is 3.35. The second kappa shape index (κ2) is 4.59. The number of piperidine rings is 1. The van der Waals surface area contributed by atoms with E-state index in [2.05, 4.69) is 6.92 Å². The highest BCUT2D eigenvalue weighted by Crippen LogP contribution is 2.20. The Hall–Kier alpha value is -0.130. The van der Waals surface area contributed by atoms with E-state index >= 15 is 0 Å². The Bertz CT molecular complexity index is 277. The molecule has 0 radical (unpaired) electrons. The zero-order valence-electron chi connectivity index (χ0n) is 8.94. The van der Waals surface area contributed by atoms with Crippen molar-refractivity contribution in [3.8, 4) is 0 Å². The Labute approximate surface area is 86.5 Å². The quantitative estimate of drug-likeness (QED) is 0.748. The molecule has 0 bridgehead atoms. The summed E-state index contributed by atoms with van der Waals surface area (Å²) in [7, 11) is -3.14. The molecule has 0 aromatic heterocycles. The molecule has 84 valence electrons. The first kappa shape index (κ1) is 11.9. The highest BCUT2D eigenvalue weighted by atomic mass is 32.2. The van der Waals surface area contributed by atoms with Gasteiger partial charge in [0, 0.05) is 19.6 Å². The van der Waals surface area contributed by atoms with E-state index in [0.29, 0.717) is 19.0 Å². The van der Waals surface area contributed by atoms with E-state index in [4.69, 9.17) is 5.73 Å². The van der Waals surface area contributed by atoms with Crippen LogP contribution in [0.25, 0.3) is 0 Å². The van der Waals surface area contributed by atoms with Crippen molar-refractivity contribution in [1.29, 1.82) is 0 Å². The molecule has 2 atom stereocenters. The first-order valence-corrected chi connectivity index (χ1v) is 6.67. The van der Waals surface area contributed by atoms with Gasteiger partial charge in [0.2, 0.25) is 10.0 Å². The monoisotopic (exact) mass is 220 g/mol. The minimum Gasteiger partial charge on any atom is -0.329 e. The maximum absolute atomic E-state index is 11.9. The first-order chi connectivity index (χ1) is 6.48. The molecule has 0 aliphatic carbocycles. The summed E-state index contributed by atoms with van der Waals surface area (Å²) in [6, 6.07) is 0. The molecule has 2 N–H and O–H groups in total. The van der Waals surface area contributed by atoms with Crippen molar-refractivity contribution in [3.05, 3.63) is 0 Å². The SMILES string of the molecule is CC1CCCN(S(=O)(=O)C(C)CN)C1. The van der Waals surface area contributed by atoms with Gasteiger partial charge >= 0.3 is 0 Å². The molecule has 1 saturated heterocycles. The topological polar surface area (TPSA) is 63.4 Å². The molecule has 2 unspecified atom stereocenters. The maximum atomic E-state index is 11.9. The average molecular weight is 220 g/mol. The van der Waals surface area contributed by atoms with Crippen molar-refractivity contribution < 1.29 is 8.42 Å². The van der Waals surface area contributed by atoms with Gasteiger partial charge in [-0.25, -0.2) is 12.7 Å². The van der Waals surface area contributed by atoms with Gasteiger partial charge in [-0.1, -0.05) is 6.92 Å². The lowest BCUT2D eigenvalue weighted by Gasteiger charge is -2.31. The number of nitrogens with two attached hydrogens (primary N) is 1. The molecule has 0 saturated carbocycles. The molecule has 14 heavy (non-hydrogen) atoms. The normalized spacial score (nSPS) is 27.5. The molecule has 1 fully saturated rings. The van der Waals surface area contributed by atoms with Gasteiger partial charge in [0.1, 0.15) is 0 Å². The van der Waals surface area contributed by atoms with Crippen molar-refractivity contribution in [2.24, 2.45) is 11.7 Å². The van der Waals surface area contributed by atoms with Gasteiger partial charge in [-0.3, -0.25) is 0 Å². The largest absolute Gasteiger partial charge is 0.329 e. The highest BCUT2D eigenvalue weighted by Gasteiger charge is 2.30. The molecule has 1 rings (SSSR count). The minimum absolute atomic E-state index is 0.202. The van der Waals surface area contributed by atoms with Gasteiger partial charge in [0.05, 0.1) is 5.25 Å². The summed E-state index contributed by atoms with van der Waals surface area (Å²) in [6.07, 6.45) is 2.10. The number of nitrogens with zero attached hydrogens (tertiary/aromatic N) is 1. The van der Waals surface area contributed by atoms with Crippen LogP contribution < -0.4 is 5.73 Å². The lowest BCUT2D eigenvalue weighted by atomic mass is 10.0. The third kappa shape index (κ3) is 2.46. The van der Waals surface area contributed by atoms with Crippen LogP contribution in [0.15, 0.2) is 0 Å². The summed E-state index contributed by atoms with van der Waals surface area (Å²) in [6.45, 7) is 5.29. The Morgan fingerprint density at radius 2 is 2.21 bits per heavy atom. The Morgan fingerprint density at radius 1 is 1.57 bits per heavy atom. The fraction of sp³-hybridized carbons (Fsp3) is 1.00. The van der Waals surface area contributed by atoms with Gasteiger partial charge < -0.3 is 5.73 Å². The molecule has 5 heteroatoms. The second-order valence-electron chi connectivity index (χ2n) is 4.20. The van der Waals surface area contributed by atoms with Crippen molar-refractivity contribution in [1.82, 2.24) is 4.31 Å². The van der Waals surface area contributed by atoms with Crippen LogP contribution in [-0.4, -0.2) is 37.6 Å². The number of hydrogen-bond acceptors (Lipinski definition) is 3. The lowest BCUT2D eigenvalue weighted by molar-refractivity contribution is 0.279. The van der Waals surface area contributed by atoms with Crippen LogP contribution in [0.5, 0.6) is 0 Å². The molecule has 0 amide bonds. The van der Waals surface area contributed by atoms with Crippen LogP contribution in [-0.2, 0) is 10.0 Å². The van der Waals surface area contributed by atoms with Gasteiger partial charge in [0.25, 0.3) is 0 Å². The van der Waals surface area contributed by atoms with Gasteiger partial charge in [-0.2, -0.15) is 0 Å². The van der Waals surface area contributed by atoms with E-state index in [1.807, 2.05) is 0 Å². The predicted octanol–water partition coefficient (Wildman–Crippen LogP) is 0.395. The lowest BCUT2D eigenvalue weighted by Crippen LogP contribution is -2.45. The third-order valence-electron chi connectivity index (χ3n) is 2.82. The van der Waals surface area contributed by atoms with E-state index in [1.165, 1.54) is 0 Å². The average Bonchev–Trinajstić information content (AvgIpc) is 2.16. The van der Waals surface area contributed by atoms with Gasteiger partial charge in [-0.05, 0) is 25.7 Å². The predicted molar refractivity (Wildman–Crippen MR) is 57.4 cm³/mol. The van der Waals surface area contributed by atoms with Crippen LogP contribution in [0.4, 0.5) is 0 Å². The molecule has 0 aromatic carbocycles. The molecule has 0 aromatic rings. The zero-order valence-corrected chi connectivity index (χ0v) is 9.76.